The number of nitrogens with one attached hydrogen (secondary N) is 1. The molecule has 0 saturated heterocycles. The third-order valence-corrected chi connectivity index (χ3v) is 2.83. The molecule has 1 heterocycles. The van der Waals surface area contributed by atoms with Crippen molar-refractivity contribution in [2.45, 2.75) is 13.0 Å². The van der Waals surface area contributed by atoms with Crippen LogP contribution in [0, 0.1) is 0 Å². The molecule has 0 bridgehead atoms. The van der Waals surface area contributed by atoms with Crippen molar-refractivity contribution < 1.29 is 0 Å². The van der Waals surface area contributed by atoms with Gasteiger partial charge in [0.15, 0.2) is 0 Å². The first-order chi connectivity index (χ1) is 4.75. The first-order valence-electron chi connectivity index (χ1n) is 2.94. The van der Waals surface area contributed by atoms with Crippen LogP contribution in [0.1, 0.15) is 17.8 Å². The lowest BCUT2D eigenvalue weighted by molar-refractivity contribution is 0.612. The fraction of sp³-hybridized carbons (Fsp3) is 0.333. The smallest absolute Gasteiger partial charge is 0.0561 e. The Morgan fingerprint density at radius 3 is 2.90 bits per heavy atom. The molecule has 0 fully saturated rings. The molecule has 1 unspecified atom stereocenters. The predicted molar refractivity (Wildman–Crippen MR) is 45.1 cm³/mol. The highest BCUT2D eigenvalue weighted by Crippen LogP contribution is 2.27. The van der Waals surface area contributed by atoms with Crippen molar-refractivity contribution >= 4 is 22.9 Å². The zero-order chi connectivity index (χ0) is 7.56. The van der Waals surface area contributed by atoms with E-state index in [1.165, 1.54) is 0 Å². The predicted octanol–water partition coefficient (Wildman–Crippen LogP) is 1.93. The molecular formula is C6H9ClN2S. The second-order valence-electron chi connectivity index (χ2n) is 2.02. The minimum atomic E-state index is 0.146. The van der Waals surface area contributed by atoms with Gasteiger partial charge in [-0.25, -0.2) is 0 Å². The van der Waals surface area contributed by atoms with E-state index < -0.39 is 0 Å². The fourth-order valence-electron chi connectivity index (χ4n) is 0.690. The Kier molecular flexibility index (Phi) is 2.68. The van der Waals surface area contributed by atoms with Crippen LogP contribution in [0.4, 0.5) is 0 Å². The SMILES string of the molecule is CC(NN)c1sccc1Cl. The molecule has 0 spiro atoms. The van der Waals surface area contributed by atoms with Crippen LogP contribution in [0.15, 0.2) is 11.4 Å². The van der Waals surface area contributed by atoms with Gasteiger partial charge >= 0.3 is 0 Å². The average Bonchev–Trinajstić information content (AvgIpc) is 2.34. The average molecular weight is 177 g/mol. The van der Waals surface area contributed by atoms with Gasteiger partial charge in [-0.3, -0.25) is 11.3 Å². The highest BCUT2D eigenvalue weighted by molar-refractivity contribution is 7.10. The van der Waals surface area contributed by atoms with Crippen molar-refractivity contribution in [2.75, 3.05) is 0 Å². The van der Waals surface area contributed by atoms with Gasteiger partial charge in [0, 0.05) is 4.88 Å². The van der Waals surface area contributed by atoms with Crippen LogP contribution >= 0.6 is 22.9 Å². The molecular weight excluding hydrogens is 168 g/mol. The zero-order valence-corrected chi connectivity index (χ0v) is 7.17. The van der Waals surface area contributed by atoms with Gasteiger partial charge in [0.05, 0.1) is 11.1 Å². The minimum absolute atomic E-state index is 0.146. The lowest BCUT2D eigenvalue weighted by Crippen LogP contribution is -2.25. The van der Waals surface area contributed by atoms with Crippen LogP contribution in [-0.2, 0) is 0 Å². The van der Waals surface area contributed by atoms with Crippen molar-refractivity contribution in [3.8, 4) is 0 Å². The monoisotopic (exact) mass is 176 g/mol. The van der Waals surface area contributed by atoms with Gasteiger partial charge in [0.1, 0.15) is 0 Å². The Balaban J connectivity index is 2.82. The van der Waals surface area contributed by atoms with E-state index in [4.69, 9.17) is 17.4 Å². The van der Waals surface area contributed by atoms with Crippen LogP contribution in [-0.4, -0.2) is 0 Å². The van der Waals surface area contributed by atoms with Crippen molar-refractivity contribution in [2.24, 2.45) is 5.84 Å². The van der Waals surface area contributed by atoms with Crippen LogP contribution in [0.3, 0.4) is 0 Å². The van der Waals surface area contributed by atoms with Crippen molar-refractivity contribution in [1.82, 2.24) is 5.43 Å². The normalized spacial score (nSPS) is 13.5. The fourth-order valence-corrected chi connectivity index (χ4v) is 1.93. The number of hydrazine groups is 1. The van der Waals surface area contributed by atoms with E-state index in [-0.39, 0.29) is 6.04 Å². The first-order valence-corrected chi connectivity index (χ1v) is 4.20. The van der Waals surface area contributed by atoms with Gasteiger partial charge in [-0.05, 0) is 18.4 Å². The molecule has 0 saturated carbocycles. The topological polar surface area (TPSA) is 38.0 Å². The molecule has 0 aromatic carbocycles. The van der Waals surface area contributed by atoms with E-state index >= 15 is 0 Å². The quantitative estimate of drug-likeness (QED) is 0.534. The Hall–Kier alpha value is -0.0900. The number of halogens is 1. The maximum atomic E-state index is 5.83. The van der Waals surface area contributed by atoms with E-state index in [1.54, 1.807) is 11.3 Å². The number of nitrogens with two attached hydrogens (primary N) is 1. The summed E-state index contributed by atoms with van der Waals surface area (Å²) in [4.78, 5) is 1.09. The van der Waals surface area contributed by atoms with E-state index in [9.17, 15) is 0 Å². The Bertz CT molecular complexity index is 211. The van der Waals surface area contributed by atoms with Crippen LogP contribution in [0.5, 0.6) is 0 Å². The highest BCUT2D eigenvalue weighted by Gasteiger charge is 2.07. The van der Waals surface area contributed by atoms with Gasteiger partial charge < -0.3 is 0 Å². The standard InChI is InChI=1S/C6H9ClN2S/c1-4(9-8)6-5(7)2-3-10-6/h2-4,9H,8H2,1H3. The molecule has 1 aromatic rings. The van der Waals surface area contributed by atoms with Crippen LogP contribution in [0.2, 0.25) is 5.02 Å². The summed E-state index contributed by atoms with van der Waals surface area (Å²) in [5, 5.41) is 2.74. The van der Waals surface area contributed by atoms with Gasteiger partial charge in [0.25, 0.3) is 0 Å². The zero-order valence-electron chi connectivity index (χ0n) is 5.60. The Morgan fingerprint density at radius 1 is 1.80 bits per heavy atom. The molecule has 10 heavy (non-hydrogen) atoms. The summed E-state index contributed by atoms with van der Waals surface area (Å²) >= 11 is 7.44. The molecule has 4 heteroatoms. The summed E-state index contributed by atoms with van der Waals surface area (Å²) in [6, 6.07) is 2.02. The molecule has 1 atom stereocenters. The third-order valence-electron chi connectivity index (χ3n) is 1.29. The lowest BCUT2D eigenvalue weighted by atomic mass is 10.3. The lowest BCUT2D eigenvalue weighted by Gasteiger charge is -2.06. The summed E-state index contributed by atoms with van der Waals surface area (Å²) in [5.74, 6) is 5.23. The van der Waals surface area contributed by atoms with Crippen molar-refractivity contribution in [1.29, 1.82) is 0 Å². The number of thiophene rings is 1. The molecule has 3 N–H and O–H groups in total. The first kappa shape index (κ1) is 8.01. The molecule has 0 aliphatic heterocycles. The number of hydrogen-bond donors (Lipinski definition) is 2. The van der Waals surface area contributed by atoms with Crippen molar-refractivity contribution in [3.63, 3.8) is 0 Å². The van der Waals surface area contributed by atoms with E-state index in [0.29, 0.717) is 0 Å². The van der Waals surface area contributed by atoms with Gasteiger partial charge in [-0.1, -0.05) is 11.6 Å². The highest BCUT2D eigenvalue weighted by atomic mass is 35.5. The molecule has 56 valence electrons. The minimum Gasteiger partial charge on any atom is -0.271 e. The van der Waals surface area contributed by atoms with E-state index in [2.05, 4.69) is 5.43 Å². The van der Waals surface area contributed by atoms with Crippen LogP contribution < -0.4 is 11.3 Å². The Morgan fingerprint density at radius 2 is 2.50 bits per heavy atom. The summed E-state index contributed by atoms with van der Waals surface area (Å²) in [6.07, 6.45) is 0. The summed E-state index contributed by atoms with van der Waals surface area (Å²) in [7, 11) is 0. The largest absolute Gasteiger partial charge is 0.271 e. The molecule has 0 aliphatic rings. The summed E-state index contributed by atoms with van der Waals surface area (Å²) in [5.41, 5.74) is 2.63. The molecule has 1 rings (SSSR count). The molecule has 0 aliphatic carbocycles. The maximum Gasteiger partial charge on any atom is 0.0561 e. The van der Waals surface area contributed by atoms with Gasteiger partial charge in [-0.15, -0.1) is 11.3 Å². The molecule has 0 radical (unpaired) electrons. The maximum absolute atomic E-state index is 5.83. The van der Waals surface area contributed by atoms with Crippen LogP contribution in [0.25, 0.3) is 0 Å². The molecule has 0 amide bonds. The molecule has 2 nitrogen and oxygen atoms in total. The Labute approximate surface area is 69.0 Å². The van der Waals surface area contributed by atoms with Gasteiger partial charge in [-0.2, -0.15) is 0 Å². The second-order valence-corrected chi connectivity index (χ2v) is 3.38. The molecule has 1 aromatic heterocycles. The van der Waals surface area contributed by atoms with Crippen molar-refractivity contribution in [3.05, 3.63) is 21.3 Å². The van der Waals surface area contributed by atoms with E-state index in [0.717, 1.165) is 9.90 Å². The second kappa shape index (κ2) is 3.34. The summed E-state index contributed by atoms with van der Waals surface area (Å²) in [6.45, 7) is 1.97. The van der Waals surface area contributed by atoms with E-state index in [1.807, 2.05) is 18.4 Å². The number of hydrogen-bond acceptors (Lipinski definition) is 3. The number of rotatable bonds is 2. The summed E-state index contributed by atoms with van der Waals surface area (Å²) < 4.78 is 0. The third kappa shape index (κ3) is 1.49. The van der Waals surface area contributed by atoms with Gasteiger partial charge in [0.2, 0.25) is 0 Å².